The predicted octanol–water partition coefficient (Wildman–Crippen LogP) is 2.26. The summed E-state index contributed by atoms with van der Waals surface area (Å²) in [5.41, 5.74) is 1.85. The third-order valence-corrected chi connectivity index (χ3v) is 2.38. The van der Waals surface area contributed by atoms with Crippen LogP contribution >= 0.6 is 0 Å². The van der Waals surface area contributed by atoms with Gasteiger partial charge in [-0.25, -0.2) is 9.78 Å². The van der Waals surface area contributed by atoms with E-state index in [-0.39, 0.29) is 5.69 Å². The van der Waals surface area contributed by atoms with E-state index in [1.165, 1.54) is 12.3 Å². The largest absolute Gasteiger partial charge is 0.477 e. The summed E-state index contributed by atoms with van der Waals surface area (Å²) >= 11 is 0. The summed E-state index contributed by atoms with van der Waals surface area (Å²) in [6.07, 6.45) is 2.16. The zero-order valence-corrected chi connectivity index (χ0v) is 8.83. The highest BCUT2D eigenvalue weighted by Gasteiger charge is 2.08. The molecule has 0 aliphatic rings. The summed E-state index contributed by atoms with van der Waals surface area (Å²) in [6.45, 7) is 0. The number of benzene rings is 1. The number of aldehydes is 1. The average Bonchev–Trinajstić information content (AvgIpc) is 2.39. The molecular formula is C13H9NO3. The zero-order chi connectivity index (χ0) is 12.3. The number of carboxylic acids is 1. The quantitative estimate of drug-likeness (QED) is 0.816. The van der Waals surface area contributed by atoms with Gasteiger partial charge in [0, 0.05) is 11.8 Å². The van der Waals surface area contributed by atoms with Crippen LogP contribution in [0, 0.1) is 0 Å². The number of rotatable bonds is 3. The van der Waals surface area contributed by atoms with Crippen LogP contribution in [-0.2, 0) is 0 Å². The number of hydrogen-bond donors (Lipinski definition) is 1. The molecule has 0 radical (unpaired) electrons. The highest BCUT2D eigenvalue weighted by molar-refractivity contribution is 5.90. The molecule has 0 saturated carbocycles. The van der Waals surface area contributed by atoms with Crippen LogP contribution in [0.3, 0.4) is 0 Å². The molecule has 1 aromatic heterocycles. The Kier molecular flexibility index (Phi) is 2.96. The van der Waals surface area contributed by atoms with E-state index < -0.39 is 5.97 Å². The maximum Gasteiger partial charge on any atom is 0.354 e. The molecule has 1 aromatic carbocycles. The molecule has 0 bridgehead atoms. The van der Waals surface area contributed by atoms with Crippen LogP contribution in [0.1, 0.15) is 20.8 Å². The van der Waals surface area contributed by atoms with Crippen molar-refractivity contribution in [2.75, 3.05) is 0 Å². The lowest BCUT2D eigenvalue weighted by molar-refractivity contribution is 0.0690. The Bertz CT molecular complexity index is 578. The van der Waals surface area contributed by atoms with Crippen molar-refractivity contribution in [1.29, 1.82) is 0 Å². The molecule has 0 aliphatic carbocycles. The number of carbonyl (C=O) groups is 2. The second kappa shape index (κ2) is 4.57. The van der Waals surface area contributed by atoms with Crippen molar-refractivity contribution in [3.8, 4) is 11.1 Å². The van der Waals surface area contributed by atoms with Gasteiger partial charge in [0.2, 0.25) is 0 Å². The monoisotopic (exact) mass is 227 g/mol. The summed E-state index contributed by atoms with van der Waals surface area (Å²) in [5.74, 6) is -1.09. The summed E-state index contributed by atoms with van der Waals surface area (Å²) in [4.78, 5) is 25.4. The molecule has 0 saturated heterocycles. The van der Waals surface area contributed by atoms with E-state index in [1.807, 2.05) is 0 Å². The maximum absolute atomic E-state index is 10.9. The SMILES string of the molecule is O=Cc1ccccc1-c1ccnc(C(=O)O)c1. The van der Waals surface area contributed by atoms with Crippen molar-refractivity contribution in [1.82, 2.24) is 4.98 Å². The molecule has 84 valence electrons. The van der Waals surface area contributed by atoms with E-state index in [1.54, 1.807) is 30.3 Å². The van der Waals surface area contributed by atoms with Gasteiger partial charge in [-0.2, -0.15) is 0 Å². The molecule has 4 heteroatoms. The van der Waals surface area contributed by atoms with Crippen LogP contribution in [0.15, 0.2) is 42.6 Å². The van der Waals surface area contributed by atoms with Gasteiger partial charge in [0.25, 0.3) is 0 Å². The van der Waals surface area contributed by atoms with E-state index in [0.717, 1.165) is 6.29 Å². The van der Waals surface area contributed by atoms with Gasteiger partial charge in [0.05, 0.1) is 0 Å². The molecule has 2 aromatic rings. The topological polar surface area (TPSA) is 67.3 Å². The molecular weight excluding hydrogens is 218 g/mol. The van der Waals surface area contributed by atoms with E-state index in [0.29, 0.717) is 16.7 Å². The first-order valence-corrected chi connectivity index (χ1v) is 4.96. The van der Waals surface area contributed by atoms with Crippen molar-refractivity contribution in [3.63, 3.8) is 0 Å². The van der Waals surface area contributed by atoms with Crippen LogP contribution in [-0.4, -0.2) is 22.3 Å². The highest BCUT2D eigenvalue weighted by Crippen LogP contribution is 2.22. The molecule has 1 heterocycles. The van der Waals surface area contributed by atoms with Crippen LogP contribution in [0.5, 0.6) is 0 Å². The minimum Gasteiger partial charge on any atom is -0.477 e. The summed E-state index contributed by atoms with van der Waals surface area (Å²) in [5, 5.41) is 8.85. The maximum atomic E-state index is 10.9. The van der Waals surface area contributed by atoms with Gasteiger partial charge in [-0.05, 0) is 23.3 Å². The average molecular weight is 227 g/mol. The predicted molar refractivity (Wildman–Crippen MR) is 62.0 cm³/mol. The van der Waals surface area contributed by atoms with Gasteiger partial charge in [-0.1, -0.05) is 24.3 Å². The molecule has 4 nitrogen and oxygen atoms in total. The van der Waals surface area contributed by atoms with Crippen LogP contribution < -0.4 is 0 Å². The zero-order valence-electron chi connectivity index (χ0n) is 8.83. The molecule has 0 unspecified atom stereocenters. The number of carboxylic acid groups (broad SMARTS) is 1. The van der Waals surface area contributed by atoms with Gasteiger partial charge in [-0.15, -0.1) is 0 Å². The molecule has 0 aliphatic heterocycles. The molecule has 0 amide bonds. The van der Waals surface area contributed by atoms with Gasteiger partial charge >= 0.3 is 5.97 Å². The Hall–Kier alpha value is -2.49. The minimum absolute atomic E-state index is 0.0387. The molecule has 0 fully saturated rings. The lowest BCUT2D eigenvalue weighted by Crippen LogP contribution is -2.00. The molecule has 1 N–H and O–H groups in total. The first-order chi connectivity index (χ1) is 8.22. The van der Waals surface area contributed by atoms with Crippen molar-refractivity contribution < 1.29 is 14.7 Å². The van der Waals surface area contributed by atoms with Gasteiger partial charge in [-0.3, -0.25) is 4.79 Å². The lowest BCUT2D eigenvalue weighted by atomic mass is 10.0. The normalized spacial score (nSPS) is 9.88. The van der Waals surface area contributed by atoms with E-state index in [9.17, 15) is 9.59 Å². The van der Waals surface area contributed by atoms with E-state index in [4.69, 9.17) is 5.11 Å². The second-order valence-electron chi connectivity index (χ2n) is 3.44. The second-order valence-corrected chi connectivity index (χ2v) is 3.44. The molecule has 0 atom stereocenters. The fraction of sp³-hybridized carbons (Fsp3) is 0. The Morgan fingerprint density at radius 1 is 1.24 bits per heavy atom. The van der Waals surface area contributed by atoms with Crippen LogP contribution in [0.25, 0.3) is 11.1 Å². The molecule has 17 heavy (non-hydrogen) atoms. The Morgan fingerprint density at radius 3 is 2.71 bits per heavy atom. The Labute approximate surface area is 97.6 Å². The first-order valence-electron chi connectivity index (χ1n) is 4.96. The lowest BCUT2D eigenvalue weighted by Gasteiger charge is -2.05. The van der Waals surface area contributed by atoms with Crippen molar-refractivity contribution in [2.24, 2.45) is 0 Å². The van der Waals surface area contributed by atoms with E-state index >= 15 is 0 Å². The number of hydrogen-bond acceptors (Lipinski definition) is 3. The van der Waals surface area contributed by atoms with Crippen LogP contribution in [0.4, 0.5) is 0 Å². The number of aromatic carboxylic acids is 1. The summed E-state index contributed by atoms with van der Waals surface area (Å²) in [7, 11) is 0. The van der Waals surface area contributed by atoms with Gasteiger partial charge in [0.15, 0.2) is 6.29 Å². The third-order valence-electron chi connectivity index (χ3n) is 2.38. The Balaban J connectivity index is 2.56. The van der Waals surface area contributed by atoms with Gasteiger partial charge in [0.1, 0.15) is 5.69 Å². The fourth-order valence-corrected chi connectivity index (χ4v) is 1.58. The third kappa shape index (κ3) is 2.20. The fourth-order valence-electron chi connectivity index (χ4n) is 1.58. The molecule has 2 rings (SSSR count). The standard InChI is InChI=1S/C13H9NO3/c15-8-10-3-1-2-4-11(10)9-5-6-14-12(7-9)13(16)17/h1-8H,(H,16,17). The summed E-state index contributed by atoms with van der Waals surface area (Å²) in [6, 6.07) is 10.1. The van der Waals surface area contributed by atoms with Gasteiger partial charge < -0.3 is 5.11 Å². The van der Waals surface area contributed by atoms with Crippen LogP contribution in [0.2, 0.25) is 0 Å². The van der Waals surface area contributed by atoms with Crippen molar-refractivity contribution >= 4 is 12.3 Å². The highest BCUT2D eigenvalue weighted by atomic mass is 16.4. The molecule has 0 spiro atoms. The minimum atomic E-state index is -1.09. The summed E-state index contributed by atoms with van der Waals surface area (Å²) < 4.78 is 0. The van der Waals surface area contributed by atoms with E-state index in [2.05, 4.69) is 4.98 Å². The number of pyridine rings is 1. The number of nitrogens with zero attached hydrogens (tertiary/aromatic N) is 1. The smallest absolute Gasteiger partial charge is 0.354 e. The Morgan fingerprint density at radius 2 is 2.00 bits per heavy atom. The first kappa shape index (κ1) is 11.0. The number of carbonyl (C=O) groups excluding carboxylic acids is 1. The van der Waals surface area contributed by atoms with Crippen molar-refractivity contribution in [3.05, 3.63) is 53.9 Å². The number of aromatic nitrogens is 1. The van der Waals surface area contributed by atoms with Crippen molar-refractivity contribution in [2.45, 2.75) is 0 Å².